The fraction of sp³-hybridized carbons (Fsp3) is 0.0580. The lowest BCUT2D eigenvalue weighted by Crippen LogP contribution is -2.19. The SMILES string of the molecule is Cc1ccc(-c2c3nc(c(-c4ccc(C)c(NC(=O)Nc5ccccc5)c4)c4ccc([nH]4)c(-c4ccc(C)c(NC(=O)Nc5ccccc5)c4)c4nc(c(-c5ccc(C)c(NC(=O)Nc6ccccc6)c5)c5ccc2[nH]5)C=C4)C=C3)cc1. The van der Waals surface area contributed by atoms with E-state index in [-0.39, 0.29) is 18.1 Å². The number of hydrogen-bond donors (Lipinski definition) is 8. The van der Waals surface area contributed by atoms with Crippen LogP contribution in [-0.2, 0) is 0 Å². The molecule has 0 fully saturated rings. The standard InChI is InChI=1S/C69H56N10O3/c1-41-20-25-45(26-21-41)63-52-30-32-54(73-52)64(46-27-22-42(2)60(38-46)77-67(80)70-49-14-8-5-9-15-49)56-34-36-58(75-56)66(48-29-24-44(4)62(40-48)79-69(82)72-51-18-12-7-13-19-51)59-37-35-57(76-59)65(55-33-31-53(63)74-55)47-28-23-43(3)61(39-47)78-68(81)71-50-16-10-6-11-17-50/h5-40,73,76H,1-4H3,(H2,70,77,80)(H2,71,78,81)(H2,72,79,82). The number of fused-ring (bicyclic) bond motifs is 8. The number of nitrogens with one attached hydrogen (secondary N) is 8. The van der Waals surface area contributed by atoms with Gasteiger partial charge in [-0.1, -0.05) is 121 Å². The smallest absolute Gasteiger partial charge is 0.323 e. The van der Waals surface area contributed by atoms with E-state index in [0.29, 0.717) is 51.2 Å². The summed E-state index contributed by atoms with van der Waals surface area (Å²) in [5.41, 5.74) is 20.1. The van der Waals surface area contributed by atoms with Crippen molar-refractivity contribution in [1.29, 1.82) is 0 Å². The number of aromatic nitrogens is 4. The van der Waals surface area contributed by atoms with Crippen LogP contribution in [0, 0.1) is 27.7 Å². The molecule has 0 unspecified atom stereocenters. The highest BCUT2D eigenvalue weighted by Gasteiger charge is 2.21. The van der Waals surface area contributed by atoms with Gasteiger partial charge in [-0.2, -0.15) is 0 Å². The first-order chi connectivity index (χ1) is 40.0. The number of hydrogen-bond acceptors (Lipinski definition) is 5. The van der Waals surface area contributed by atoms with Gasteiger partial charge >= 0.3 is 18.1 Å². The van der Waals surface area contributed by atoms with Crippen LogP contribution in [-0.4, -0.2) is 38.0 Å². The molecule has 12 rings (SSSR count). The number of rotatable bonds is 10. The maximum Gasteiger partial charge on any atom is 0.323 e. The summed E-state index contributed by atoms with van der Waals surface area (Å²) in [4.78, 5) is 59.4. The van der Waals surface area contributed by atoms with Crippen LogP contribution in [0.2, 0.25) is 0 Å². The first-order valence-electron chi connectivity index (χ1n) is 26.9. The third kappa shape index (κ3) is 11.0. The molecule has 8 N–H and O–H groups in total. The van der Waals surface area contributed by atoms with Crippen molar-refractivity contribution in [3.05, 3.63) is 239 Å². The van der Waals surface area contributed by atoms with Crippen molar-refractivity contribution in [3.8, 4) is 44.5 Å². The second-order valence-electron chi connectivity index (χ2n) is 20.3. The molecule has 2 aliphatic rings. The molecule has 13 nitrogen and oxygen atoms in total. The van der Waals surface area contributed by atoms with Gasteiger partial charge in [-0.3, -0.25) is 0 Å². The van der Waals surface area contributed by atoms with Crippen LogP contribution in [0.15, 0.2) is 194 Å². The summed E-state index contributed by atoms with van der Waals surface area (Å²) in [7, 11) is 0. The molecule has 2 aliphatic heterocycles. The zero-order valence-electron chi connectivity index (χ0n) is 45.4. The summed E-state index contributed by atoms with van der Waals surface area (Å²) >= 11 is 0. The Hall–Kier alpha value is -11.1. The van der Waals surface area contributed by atoms with Gasteiger partial charge in [0.1, 0.15) is 0 Å². The van der Waals surface area contributed by atoms with Gasteiger partial charge in [-0.25, -0.2) is 24.4 Å². The Bertz CT molecular complexity index is 4270. The zero-order valence-corrected chi connectivity index (χ0v) is 45.4. The Labute approximate surface area is 474 Å². The fourth-order valence-corrected chi connectivity index (χ4v) is 10.3. The minimum absolute atomic E-state index is 0.371. The first kappa shape index (κ1) is 51.7. The summed E-state index contributed by atoms with van der Waals surface area (Å²) in [5, 5.41) is 18.2. The zero-order chi connectivity index (χ0) is 56.3. The Morgan fingerprint density at radius 3 is 0.902 bits per heavy atom. The topological polar surface area (TPSA) is 181 Å². The highest BCUT2D eigenvalue weighted by atomic mass is 16.2. The molecule has 0 saturated carbocycles. The van der Waals surface area contributed by atoms with Crippen LogP contribution in [0.25, 0.3) is 90.9 Å². The molecule has 82 heavy (non-hydrogen) atoms. The number of amides is 6. The van der Waals surface area contributed by atoms with E-state index in [4.69, 9.17) is 9.97 Å². The number of H-pyrrole nitrogens is 2. The normalized spacial score (nSPS) is 11.5. The van der Waals surface area contributed by atoms with Crippen molar-refractivity contribution in [1.82, 2.24) is 19.9 Å². The third-order valence-electron chi connectivity index (χ3n) is 14.5. The number of benzene rings is 7. The van der Waals surface area contributed by atoms with Gasteiger partial charge in [-0.15, -0.1) is 0 Å². The summed E-state index contributed by atoms with van der Waals surface area (Å²) in [5.74, 6) is 0. The summed E-state index contributed by atoms with van der Waals surface area (Å²) < 4.78 is 0. The molecular weight excluding hydrogens is 1020 g/mol. The van der Waals surface area contributed by atoms with Gasteiger partial charge in [0, 0.05) is 78.4 Å². The molecule has 0 atom stereocenters. The lowest BCUT2D eigenvalue weighted by molar-refractivity contribution is 0.261. The summed E-state index contributed by atoms with van der Waals surface area (Å²) in [6.45, 7) is 7.96. The molecule has 6 amide bonds. The molecule has 400 valence electrons. The van der Waals surface area contributed by atoms with Gasteiger partial charge in [0.2, 0.25) is 0 Å². The minimum Gasteiger partial charge on any atom is -0.354 e. The van der Waals surface area contributed by atoms with Gasteiger partial charge in [0.15, 0.2) is 0 Å². The fourth-order valence-electron chi connectivity index (χ4n) is 10.3. The van der Waals surface area contributed by atoms with E-state index in [1.54, 1.807) is 0 Å². The number of urea groups is 3. The van der Waals surface area contributed by atoms with Crippen molar-refractivity contribution in [2.75, 3.05) is 31.9 Å². The van der Waals surface area contributed by atoms with Crippen LogP contribution in [0.3, 0.4) is 0 Å². The largest absolute Gasteiger partial charge is 0.354 e. The predicted molar refractivity (Wildman–Crippen MR) is 337 cm³/mol. The van der Waals surface area contributed by atoms with Crippen molar-refractivity contribution in [3.63, 3.8) is 0 Å². The molecule has 0 saturated heterocycles. The number of nitrogens with zero attached hydrogens (tertiary/aromatic N) is 2. The van der Waals surface area contributed by atoms with Gasteiger partial charge in [0.05, 0.1) is 22.8 Å². The number of para-hydroxylation sites is 3. The number of aromatic amines is 2. The molecule has 7 aromatic carbocycles. The number of carbonyl (C=O) groups excluding carboxylic acids is 3. The Morgan fingerprint density at radius 1 is 0.317 bits per heavy atom. The maximum absolute atomic E-state index is 13.6. The molecule has 0 aliphatic carbocycles. The number of aryl methyl sites for hydroxylation is 4. The lowest BCUT2D eigenvalue weighted by Gasteiger charge is -2.13. The minimum atomic E-state index is -0.382. The van der Waals surface area contributed by atoms with E-state index < -0.39 is 0 Å². The second kappa shape index (κ2) is 22.4. The Kier molecular flexibility index (Phi) is 14.1. The van der Waals surface area contributed by atoms with Crippen molar-refractivity contribution in [2.45, 2.75) is 27.7 Å². The molecule has 8 bridgehead atoms. The van der Waals surface area contributed by atoms with E-state index in [1.807, 2.05) is 203 Å². The van der Waals surface area contributed by atoms with Gasteiger partial charge in [0.25, 0.3) is 0 Å². The number of anilines is 6. The molecule has 0 radical (unpaired) electrons. The highest BCUT2D eigenvalue weighted by Crippen LogP contribution is 2.41. The quantitative estimate of drug-likeness (QED) is 0.0678. The highest BCUT2D eigenvalue weighted by molar-refractivity contribution is 6.05. The van der Waals surface area contributed by atoms with Crippen molar-refractivity contribution < 1.29 is 14.4 Å². The lowest BCUT2D eigenvalue weighted by atomic mass is 10.0. The van der Waals surface area contributed by atoms with Crippen LogP contribution >= 0.6 is 0 Å². The molecule has 3 aromatic heterocycles. The Morgan fingerprint density at radius 2 is 0.598 bits per heavy atom. The maximum atomic E-state index is 13.6. The van der Waals surface area contributed by atoms with E-state index >= 15 is 0 Å². The van der Waals surface area contributed by atoms with Crippen molar-refractivity contribution >= 4 is 98.6 Å². The van der Waals surface area contributed by atoms with E-state index in [0.717, 1.165) is 94.5 Å². The summed E-state index contributed by atoms with van der Waals surface area (Å²) in [6.07, 6.45) is 8.12. The average Bonchev–Trinajstić information content (AvgIpc) is 4.26. The number of carbonyl (C=O) groups is 3. The second-order valence-corrected chi connectivity index (χ2v) is 20.3. The molecule has 10 aromatic rings. The third-order valence-corrected chi connectivity index (χ3v) is 14.5. The summed E-state index contributed by atoms with van der Waals surface area (Å²) in [6, 6.07) is 61.6. The Balaban J connectivity index is 1.10. The predicted octanol–water partition coefficient (Wildman–Crippen LogP) is 17.5. The van der Waals surface area contributed by atoms with Crippen LogP contribution in [0.5, 0.6) is 0 Å². The first-order valence-corrected chi connectivity index (χ1v) is 26.9. The van der Waals surface area contributed by atoms with E-state index in [1.165, 1.54) is 0 Å². The average molecular weight is 1070 g/mol. The monoisotopic (exact) mass is 1070 g/mol. The van der Waals surface area contributed by atoms with Crippen LogP contribution < -0.4 is 31.9 Å². The van der Waals surface area contributed by atoms with Crippen LogP contribution in [0.1, 0.15) is 45.0 Å². The van der Waals surface area contributed by atoms with E-state index in [2.05, 4.69) is 85.2 Å². The molecule has 0 spiro atoms. The molecule has 13 heteroatoms. The van der Waals surface area contributed by atoms with Crippen LogP contribution in [0.4, 0.5) is 48.5 Å². The van der Waals surface area contributed by atoms with Crippen molar-refractivity contribution in [2.24, 2.45) is 0 Å². The van der Waals surface area contributed by atoms with E-state index in [9.17, 15) is 14.4 Å². The van der Waals surface area contributed by atoms with Gasteiger partial charge in [-0.05, 0) is 170 Å². The van der Waals surface area contributed by atoms with Gasteiger partial charge < -0.3 is 41.9 Å². The molecular formula is C69H56N10O3. The molecule has 5 heterocycles.